The Morgan fingerprint density at radius 3 is 1.02 bits per heavy atom. The first kappa shape index (κ1) is 85.1. The maximum Gasteiger partial charge on any atom is 0.342 e. The number of esters is 9. The molecule has 0 saturated carbocycles. The van der Waals surface area contributed by atoms with Gasteiger partial charge in [-0.1, -0.05) is 0 Å². The lowest BCUT2D eigenvalue weighted by atomic mass is 9.91. The normalized spacial score (nSPS) is 19.1. The Labute approximate surface area is 677 Å². The third-order valence-corrected chi connectivity index (χ3v) is 18.3. The molecular formula is C75H56O48. The second kappa shape index (κ2) is 32.6. The molecule has 644 valence electrons. The van der Waals surface area contributed by atoms with Crippen LogP contribution in [-0.4, -0.2) is 266 Å². The minimum Gasteiger partial charge on any atom is -0.504 e. The number of benzene rings is 9. The molecule has 9 aromatic carbocycles. The number of carbonyl (C=O) groups excluding carboxylic acids is 9. The molecule has 0 radical (unpaired) electrons. The molecule has 0 aliphatic carbocycles. The fraction of sp³-hybridized carbons (Fsp3) is 0.160. The van der Waals surface area contributed by atoms with Gasteiger partial charge in [0.15, 0.2) is 156 Å². The minimum atomic E-state index is -2.88. The summed E-state index contributed by atoms with van der Waals surface area (Å²) >= 11 is 0. The van der Waals surface area contributed by atoms with E-state index in [0.717, 1.165) is 0 Å². The summed E-state index contributed by atoms with van der Waals surface area (Å²) in [5.74, 6) is -55.9. The average Bonchev–Trinajstić information content (AvgIpc) is 1.69. The highest BCUT2D eigenvalue weighted by Gasteiger charge is 2.57. The first-order chi connectivity index (χ1) is 57.8. The van der Waals surface area contributed by atoms with E-state index >= 15 is 4.79 Å². The molecule has 12 rings (SSSR count). The Morgan fingerprint density at radius 1 is 0.317 bits per heavy atom. The van der Waals surface area contributed by atoms with Crippen molar-refractivity contribution < 1.29 is 238 Å². The fourth-order valence-corrected chi connectivity index (χ4v) is 12.2. The molecule has 27 N–H and O–H groups in total. The number of cyclic esters (lactones) is 1. The molecule has 3 aliphatic rings. The van der Waals surface area contributed by atoms with E-state index in [2.05, 4.69) is 0 Å². The molecule has 48 nitrogen and oxygen atoms in total. The molecule has 0 amide bonds. The van der Waals surface area contributed by atoms with E-state index in [1.807, 2.05) is 0 Å². The number of ether oxygens (including phenoxy) is 12. The third kappa shape index (κ3) is 16.2. The van der Waals surface area contributed by atoms with Gasteiger partial charge in [0, 0.05) is 23.3 Å². The van der Waals surface area contributed by atoms with E-state index in [1.165, 1.54) is 0 Å². The van der Waals surface area contributed by atoms with Crippen LogP contribution >= 0.6 is 0 Å². The molecule has 123 heavy (non-hydrogen) atoms. The fourth-order valence-electron chi connectivity index (χ4n) is 12.2. The third-order valence-electron chi connectivity index (χ3n) is 18.3. The number of carbonyl (C=O) groups is 9. The number of aromatic hydroxyl groups is 26. The van der Waals surface area contributed by atoms with Crippen LogP contribution in [0, 0.1) is 0 Å². The number of hydrogen-bond acceptors (Lipinski definition) is 48. The Hall–Kier alpha value is -17.3. The predicted molar refractivity (Wildman–Crippen MR) is 381 cm³/mol. The lowest BCUT2D eigenvalue weighted by Crippen LogP contribution is -2.63. The van der Waals surface area contributed by atoms with Crippen LogP contribution < -0.4 is 4.74 Å². The molecule has 10 atom stereocenters. The summed E-state index contributed by atoms with van der Waals surface area (Å²) in [5, 5.41) is 289. The quantitative estimate of drug-likeness (QED) is 0.0354. The summed E-state index contributed by atoms with van der Waals surface area (Å²) in [6.07, 6.45) is -27.2. The first-order valence-electron chi connectivity index (χ1n) is 34.0. The van der Waals surface area contributed by atoms with Crippen molar-refractivity contribution in [1.82, 2.24) is 0 Å². The van der Waals surface area contributed by atoms with Gasteiger partial charge >= 0.3 is 53.7 Å². The molecule has 10 unspecified atom stereocenters. The van der Waals surface area contributed by atoms with Gasteiger partial charge in [-0.25, -0.2) is 43.2 Å². The molecule has 9 aromatic rings. The van der Waals surface area contributed by atoms with Crippen LogP contribution in [0.3, 0.4) is 0 Å². The average molecular weight is 1730 g/mol. The smallest absolute Gasteiger partial charge is 0.342 e. The summed E-state index contributed by atoms with van der Waals surface area (Å²) in [5.41, 5.74) is -12.8. The van der Waals surface area contributed by atoms with E-state index in [1.54, 1.807) is 0 Å². The second-order valence-electron chi connectivity index (χ2n) is 26.2. The number of rotatable bonds is 17. The zero-order valence-electron chi connectivity index (χ0n) is 60.5. The van der Waals surface area contributed by atoms with Gasteiger partial charge in [-0.2, -0.15) is 0 Å². The molecule has 3 aliphatic heterocycles. The van der Waals surface area contributed by atoms with Crippen LogP contribution in [0.5, 0.6) is 161 Å². The number of hydrogen-bond donors (Lipinski definition) is 27. The summed E-state index contributed by atoms with van der Waals surface area (Å²) in [6.45, 7) is -3.14. The summed E-state index contributed by atoms with van der Waals surface area (Å²) in [6, 6.07) is 5.90. The van der Waals surface area contributed by atoms with E-state index in [9.17, 15) is 176 Å². The van der Waals surface area contributed by atoms with Crippen molar-refractivity contribution >= 4 is 53.7 Å². The van der Waals surface area contributed by atoms with Gasteiger partial charge in [0.2, 0.25) is 47.8 Å². The molecule has 0 spiro atoms. The SMILES string of the molecule is O=C(OC1OC(COC(=O)c2cc(O)c(O)c(O)c2Oc2cc3c(c(O)c2O)-c2c(cc(O)c(O)c2O)C(=O)OCC2OC(OC(=O)c4cc(O)c(O)c(O)c4)C(OC(=O)c4cc(O)c(O)c(O)c4)C(OC(=O)c4cc(O)c(O)c(O)c4)C2OC3=O)C(O)C(OC(=O)c2cc(O)c(O)c(O)c2)C1OC(=O)c1cc(O)c(O)c(O)c1)c1cc(O)c(O)c(O)c1. The van der Waals surface area contributed by atoms with Crippen molar-refractivity contribution in [3.63, 3.8) is 0 Å². The molecule has 2 saturated heterocycles. The number of aliphatic hydroxyl groups is 1. The van der Waals surface area contributed by atoms with Crippen molar-refractivity contribution in [2.45, 2.75) is 61.4 Å². The second-order valence-corrected chi connectivity index (χ2v) is 26.2. The Morgan fingerprint density at radius 2 is 0.626 bits per heavy atom. The summed E-state index contributed by atoms with van der Waals surface area (Å²) in [7, 11) is 0. The maximum atomic E-state index is 15.7. The monoisotopic (exact) mass is 1720 g/mol. The van der Waals surface area contributed by atoms with Crippen molar-refractivity contribution in [3.8, 4) is 172 Å². The van der Waals surface area contributed by atoms with Crippen LogP contribution in [0.25, 0.3) is 11.1 Å². The Balaban J connectivity index is 0.964. The van der Waals surface area contributed by atoms with Crippen LogP contribution in [0.4, 0.5) is 0 Å². The minimum absolute atomic E-state index is 0.158. The van der Waals surface area contributed by atoms with Gasteiger partial charge in [0.25, 0.3) is 0 Å². The van der Waals surface area contributed by atoms with E-state index < -0.39 is 351 Å². The predicted octanol–water partition coefficient (Wildman–Crippen LogP) is 2.77. The van der Waals surface area contributed by atoms with E-state index in [0.29, 0.717) is 72.8 Å². The van der Waals surface area contributed by atoms with E-state index in [-0.39, 0.29) is 18.2 Å². The van der Waals surface area contributed by atoms with Crippen LogP contribution in [0.2, 0.25) is 0 Å². The zero-order chi connectivity index (χ0) is 90.0. The molecule has 2 fully saturated rings. The number of aliphatic hydroxyl groups excluding tert-OH is 1. The molecular weight excluding hydrogens is 1670 g/mol. The van der Waals surface area contributed by atoms with Crippen molar-refractivity contribution in [1.29, 1.82) is 0 Å². The molecule has 48 heteroatoms. The van der Waals surface area contributed by atoms with Gasteiger partial charge in [-0.15, -0.1) is 0 Å². The highest BCUT2D eigenvalue weighted by Crippen LogP contribution is 2.57. The van der Waals surface area contributed by atoms with Gasteiger partial charge in [0.1, 0.15) is 37.1 Å². The summed E-state index contributed by atoms with van der Waals surface area (Å²) < 4.78 is 67.4. The van der Waals surface area contributed by atoms with Crippen LogP contribution in [-0.2, 0) is 52.1 Å². The van der Waals surface area contributed by atoms with Gasteiger partial charge < -0.3 is 195 Å². The number of fused-ring (bicyclic) bond motifs is 4. The highest BCUT2D eigenvalue weighted by atomic mass is 16.8. The topological polar surface area (TPSA) is 811 Å². The van der Waals surface area contributed by atoms with Crippen LogP contribution in [0.15, 0.2) is 91.0 Å². The van der Waals surface area contributed by atoms with Crippen molar-refractivity contribution in [3.05, 3.63) is 141 Å². The Kier molecular flexibility index (Phi) is 22.6. The highest BCUT2D eigenvalue weighted by molar-refractivity contribution is 6.09. The van der Waals surface area contributed by atoms with Crippen molar-refractivity contribution in [2.24, 2.45) is 0 Å². The molecule has 3 heterocycles. The van der Waals surface area contributed by atoms with Gasteiger partial charge in [0.05, 0.1) is 44.5 Å². The number of phenols is 26. The maximum absolute atomic E-state index is 15.7. The Bertz CT molecular complexity index is 5810. The van der Waals surface area contributed by atoms with Gasteiger partial charge in [-0.3, -0.25) is 0 Å². The van der Waals surface area contributed by atoms with Gasteiger partial charge in [-0.05, 0) is 78.9 Å². The first-order valence-corrected chi connectivity index (χ1v) is 34.0. The summed E-state index contributed by atoms with van der Waals surface area (Å²) in [4.78, 5) is 130. The van der Waals surface area contributed by atoms with E-state index in [4.69, 9.17) is 56.8 Å². The van der Waals surface area contributed by atoms with Crippen molar-refractivity contribution in [2.75, 3.05) is 13.2 Å². The van der Waals surface area contributed by atoms with Crippen LogP contribution in [0.1, 0.15) is 93.2 Å². The zero-order valence-corrected chi connectivity index (χ0v) is 60.5. The molecule has 0 bridgehead atoms. The standard InChI is InChI=1S/C75H56O48/c76-27-1-18(2-28(77)46(27)90)65(103)118-61-55(99)42(115-74(122-69(107)22-9-35(84)50(94)36(85)10-22)63(61)120-67(105)20-5-31(80)48(92)32(81)6-20)16-112-72(110)26-14-40(89)53(97)58(102)59(26)114-41-15-25-45(57(101)54(41)98)44-24(13-39(88)52(96)56(44)100)71(109)113-17-43-60(117-73(25)111)62(119-66(104)19-3-29(78)47(91)30(79)4-19)64(121-68(106)21-7-33(82)49(93)34(83)8-21)75(116-43)123-70(108)23-11-37(86)51(95)38(87)12-23/h1-15,42-43,55,60-64,74-102H,16-17H2. The largest absolute Gasteiger partial charge is 0.504 e. The molecule has 0 aromatic heterocycles. The lowest BCUT2D eigenvalue weighted by molar-refractivity contribution is -0.283. The lowest BCUT2D eigenvalue weighted by Gasteiger charge is -2.43. The number of phenolic OH excluding ortho intramolecular Hbond substituents is 26.